The summed E-state index contributed by atoms with van der Waals surface area (Å²) in [6, 6.07) is 12.0. The van der Waals surface area contributed by atoms with Crippen molar-refractivity contribution in [3.63, 3.8) is 0 Å². The van der Waals surface area contributed by atoms with Crippen LogP contribution in [0.4, 0.5) is 5.69 Å². The topological polar surface area (TPSA) is 28.2 Å². The molecular weight excluding hydrogens is 306 g/mol. The maximum atomic E-state index is 6.41. The van der Waals surface area contributed by atoms with Gasteiger partial charge >= 0.3 is 0 Å². The third-order valence-corrected chi connectivity index (χ3v) is 5.56. The number of halogens is 1. The van der Waals surface area contributed by atoms with Gasteiger partial charge in [-0.2, -0.15) is 0 Å². The summed E-state index contributed by atoms with van der Waals surface area (Å²) in [5.41, 5.74) is 4.66. The molecule has 2 aromatic rings. The zero-order chi connectivity index (χ0) is 16.0. The van der Waals surface area contributed by atoms with Crippen LogP contribution in [0.5, 0.6) is 0 Å². The van der Waals surface area contributed by atoms with E-state index in [1.807, 2.05) is 6.20 Å². The Morgan fingerprint density at radius 1 is 1.22 bits per heavy atom. The van der Waals surface area contributed by atoms with Crippen LogP contribution in [0.2, 0.25) is 5.15 Å². The van der Waals surface area contributed by atoms with E-state index >= 15 is 0 Å². The Morgan fingerprint density at radius 2 is 2.09 bits per heavy atom. The average Bonchev–Trinajstić information content (AvgIpc) is 3.18. The fourth-order valence-electron chi connectivity index (χ4n) is 4.01. The Labute approximate surface area is 142 Å². The molecule has 0 radical (unpaired) electrons. The van der Waals surface area contributed by atoms with Crippen LogP contribution in [0.15, 0.2) is 36.5 Å². The number of nitrogens with one attached hydrogen (secondary N) is 1. The Balaban J connectivity index is 1.71. The van der Waals surface area contributed by atoms with Gasteiger partial charge in [0.15, 0.2) is 0 Å². The van der Waals surface area contributed by atoms with Gasteiger partial charge in [-0.15, -0.1) is 0 Å². The molecule has 4 heteroatoms. The molecule has 2 aliphatic rings. The van der Waals surface area contributed by atoms with E-state index < -0.39 is 0 Å². The number of hydrogen-bond donors (Lipinski definition) is 1. The van der Waals surface area contributed by atoms with E-state index in [1.54, 1.807) is 0 Å². The van der Waals surface area contributed by atoms with Crippen molar-refractivity contribution in [2.24, 2.45) is 0 Å². The summed E-state index contributed by atoms with van der Waals surface area (Å²) in [4.78, 5) is 6.59. The highest BCUT2D eigenvalue weighted by Gasteiger charge is 2.39. The second-order valence-electron chi connectivity index (χ2n) is 6.94. The monoisotopic (exact) mass is 327 g/mol. The first kappa shape index (κ1) is 15.0. The third kappa shape index (κ3) is 2.73. The van der Waals surface area contributed by atoms with Gasteiger partial charge in [0.05, 0.1) is 0 Å². The van der Waals surface area contributed by atoms with Crippen molar-refractivity contribution in [1.29, 1.82) is 0 Å². The number of nitrogens with zero attached hydrogens (tertiary/aromatic N) is 2. The lowest BCUT2D eigenvalue weighted by Crippen LogP contribution is -2.21. The summed E-state index contributed by atoms with van der Waals surface area (Å²) in [7, 11) is 4.10. The van der Waals surface area contributed by atoms with Gasteiger partial charge in [-0.3, -0.25) is 0 Å². The molecule has 3 heterocycles. The Hall–Kier alpha value is -1.58. The van der Waals surface area contributed by atoms with Crippen LogP contribution < -0.4 is 10.2 Å². The summed E-state index contributed by atoms with van der Waals surface area (Å²) in [5, 5.41) is 4.29. The quantitative estimate of drug-likeness (QED) is 0.861. The molecule has 2 aliphatic heterocycles. The normalized spacial score (nSPS) is 25.8. The van der Waals surface area contributed by atoms with Crippen LogP contribution in [0.3, 0.4) is 0 Å². The molecule has 0 saturated carbocycles. The fraction of sp³-hybridized carbons (Fsp3) is 0.421. The van der Waals surface area contributed by atoms with Crippen LogP contribution in [0, 0.1) is 0 Å². The van der Waals surface area contributed by atoms with Crippen molar-refractivity contribution in [3.05, 3.63) is 47.2 Å². The van der Waals surface area contributed by atoms with Crippen molar-refractivity contribution < 1.29 is 0 Å². The predicted molar refractivity (Wildman–Crippen MR) is 96.3 cm³/mol. The molecule has 1 aromatic carbocycles. The number of benzene rings is 1. The molecule has 3 atom stereocenters. The summed E-state index contributed by atoms with van der Waals surface area (Å²) in [6.07, 6.45) is 5.79. The largest absolute Gasteiger partial charge is 0.378 e. The molecule has 120 valence electrons. The van der Waals surface area contributed by atoms with Gasteiger partial charge in [-0.25, -0.2) is 4.98 Å². The number of anilines is 1. The van der Waals surface area contributed by atoms with Gasteiger partial charge in [-0.1, -0.05) is 23.7 Å². The first-order valence-electron chi connectivity index (χ1n) is 8.31. The van der Waals surface area contributed by atoms with Crippen LogP contribution in [-0.4, -0.2) is 31.2 Å². The summed E-state index contributed by atoms with van der Waals surface area (Å²) < 4.78 is 0. The minimum atomic E-state index is 0.578. The highest BCUT2D eigenvalue weighted by atomic mass is 35.5. The Bertz CT molecular complexity index is 728. The van der Waals surface area contributed by atoms with E-state index in [9.17, 15) is 0 Å². The van der Waals surface area contributed by atoms with E-state index in [-0.39, 0.29) is 0 Å². The third-order valence-electron chi connectivity index (χ3n) is 5.26. The molecule has 1 aromatic heterocycles. The van der Waals surface area contributed by atoms with E-state index in [2.05, 4.69) is 59.6 Å². The van der Waals surface area contributed by atoms with Crippen molar-refractivity contribution in [2.75, 3.05) is 19.0 Å². The van der Waals surface area contributed by atoms with E-state index in [1.165, 1.54) is 30.5 Å². The second kappa shape index (κ2) is 5.81. The Kier molecular flexibility index (Phi) is 3.78. The van der Waals surface area contributed by atoms with Gasteiger partial charge in [-0.05, 0) is 48.6 Å². The molecule has 4 rings (SSSR count). The molecule has 23 heavy (non-hydrogen) atoms. The molecule has 0 spiro atoms. The lowest BCUT2D eigenvalue weighted by atomic mass is 9.84. The lowest BCUT2D eigenvalue weighted by molar-refractivity contribution is 0.505. The zero-order valence-corrected chi connectivity index (χ0v) is 14.3. The standard InChI is InChI=1S/C19H22ClN3/c1-23(2)15-5-3-4-12(8-15)17-9-13(11-21-19(17)20)16-10-14-6-7-18(16)22-14/h3-5,8-9,11,14,16,18,22H,6-7,10H2,1-2H3/t14-,16+,18+/m0/s1. The lowest BCUT2D eigenvalue weighted by Gasteiger charge is -2.21. The smallest absolute Gasteiger partial charge is 0.136 e. The van der Waals surface area contributed by atoms with E-state index in [0.29, 0.717) is 23.2 Å². The molecule has 2 bridgehead atoms. The van der Waals surface area contributed by atoms with Crippen LogP contribution in [0.25, 0.3) is 11.1 Å². The second-order valence-corrected chi connectivity index (χ2v) is 7.30. The number of aromatic nitrogens is 1. The summed E-state index contributed by atoms with van der Waals surface area (Å²) in [6.45, 7) is 0. The Morgan fingerprint density at radius 3 is 2.78 bits per heavy atom. The molecular formula is C19H22ClN3. The summed E-state index contributed by atoms with van der Waals surface area (Å²) >= 11 is 6.41. The van der Waals surface area contributed by atoms with Crippen molar-refractivity contribution in [3.8, 4) is 11.1 Å². The van der Waals surface area contributed by atoms with Crippen LogP contribution >= 0.6 is 11.6 Å². The van der Waals surface area contributed by atoms with Crippen molar-refractivity contribution in [2.45, 2.75) is 37.3 Å². The number of pyridine rings is 1. The van der Waals surface area contributed by atoms with Crippen LogP contribution in [-0.2, 0) is 0 Å². The van der Waals surface area contributed by atoms with Gasteiger partial charge in [0.1, 0.15) is 5.15 Å². The van der Waals surface area contributed by atoms with Gasteiger partial charge in [0.25, 0.3) is 0 Å². The first-order chi connectivity index (χ1) is 11.1. The van der Waals surface area contributed by atoms with E-state index in [0.717, 1.165) is 11.1 Å². The molecule has 2 fully saturated rings. The number of rotatable bonds is 3. The number of fused-ring (bicyclic) bond motifs is 2. The molecule has 0 aliphatic carbocycles. The fourth-order valence-corrected chi connectivity index (χ4v) is 4.23. The molecule has 1 N–H and O–H groups in total. The highest BCUT2D eigenvalue weighted by Crippen LogP contribution is 2.41. The molecule has 0 unspecified atom stereocenters. The van der Waals surface area contributed by atoms with E-state index in [4.69, 9.17) is 11.6 Å². The van der Waals surface area contributed by atoms with Crippen molar-refractivity contribution in [1.82, 2.24) is 10.3 Å². The maximum Gasteiger partial charge on any atom is 0.136 e. The minimum Gasteiger partial charge on any atom is -0.378 e. The maximum absolute atomic E-state index is 6.41. The molecule has 3 nitrogen and oxygen atoms in total. The average molecular weight is 328 g/mol. The first-order valence-corrected chi connectivity index (χ1v) is 8.69. The highest BCUT2D eigenvalue weighted by molar-refractivity contribution is 6.32. The molecule has 2 saturated heterocycles. The SMILES string of the molecule is CN(C)c1cccc(-c2cc([C@H]3C[C@@H]4CC[C@H]3N4)cnc2Cl)c1. The zero-order valence-electron chi connectivity index (χ0n) is 13.6. The summed E-state index contributed by atoms with van der Waals surface area (Å²) in [5.74, 6) is 0.578. The minimum absolute atomic E-state index is 0.578. The van der Waals surface area contributed by atoms with Gasteiger partial charge in [0, 0.05) is 49.5 Å². The van der Waals surface area contributed by atoms with Gasteiger partial charge < -0.3 is 10.2 Å². The van der Waals surface area contributed by atoms with Crippen molar-refractivity contribution >= 4 is 17.3 Å². The number of hydrogen-bond acceptors (Lipinski definition) is 3. The predicted octanol–water partition coefficient (Wildman–Crippen LogP) is 4.08. The molecule has 0 amide bonds. The van der Waals surface area contributed by atoms with Crippen LogP contribution in [0.1, 0.15) is 30.7 Å². The van der Waals surface area contributed by atoms with Gasteiger partial charge in [0.2, 0.25) is 0 Å².